The lowest BCUT2D eigenvalue weighted by molar-refractivity contribution is -0.196. The van der Waals surface area contributed by atoms with Crippen molar-refractivity contribution in [2.45, 2.75) is 0 Å². The molecule has 0 fully saturated rings. The summed E-state index contributed by atoms with van der Waals surface area (Å²) in [6, 6.07) is 0. The molecule has 0 rings (SSSR count). The van der Waals surface area contributed by atoms with Gasteiger partial charge in [-0.15, -0.1) is 82.3 Å². The molecule has 228 valence electrons. The summed E-state index contributed by atoms with van der Waals surface area (Å²) in [7, 11) is 0. The van der Waals surface area contributed by atoms with Gasteiger partial charge in [0.2, 0.25) is 12.8 Å². The lowest BCUT2D eigenvalue weighted by Gasteiger charge is -2.06. The van der Waals surface area contributed by atoms with Crippen LogP contribution in [0.15, 0.2) is 9.98 Å². The Balaban J connectivity index is 3.28. The van der Waals surface area contributed by atoms with Crippen LogP contribution in [-0.4, -0.2) is 110 Å². The molecule has 0 unspecified atom stereocenters. The van der Waals surface area contributed by atoms with Crippen LogP contribution in [0.3, 0.4) is 0 Å². The van der Waals surface area contributed by atoms with E-state index in [2.05, 4.69) is 25.5 Å². The van der Waals surface area contributed by atoms with Gasteiger partial charge in [-0.1, -0.05) is 11.8 Å². The van der Waals surface area contributed by atoms with E-state index in [-0.39, 0.29) is 29.7 Å². The molecule has 4 N–H and O–H groups in total. The molecule has 0 bridgehead atoms. The van der Waals surface area contributed by atoms with Crippen molar-refractivity contribution in [1.82, 2.24) is 10.6 Å². The first-order valence-electron chi connectivity index (χ1n) is 10.4. The number of thioether (sulfide) groups is 8. The minimum atomic E-state index is -0.517. The second kappa shape index (κ2) is 34.3. The summed E-state index contributed by atoms with van der Waals surface area (Å²) in [5.41, 5.74) is 0. The number of nitrogens with one attached hydrogen (secondary N) is 2. The van der Waals surface area contributed by atoms with E-state index in [1.54, 1.807) is 23.5 Å². The van der Waals surface area contributed by atoms with Crippen molar-refractivity contribution in [2.75, 3.05) is 74.4 Å². The third-order valence-corrected chi connectivity index (χ3v) is 9.65. The Labute approximate surface area is 261 Å². The largest absolute Gasteiger partial charge is 0.438 e. The minimum Gasteiger partial charge on any atom is -0.438 e. The van der Waals surface area contributed by atoms with E-state index in [4.69, 9.17) is 34.3 Å². The molecule has 14 nitrogen and oxygen atoms in total. The molecule has 0 aromatic rings. The predicted octanol–water partition coefficient (Wildman–Crippen LogP) is 3.69. The van der Waals surface area contributed by atoms with Crippen molar-refractivity contribution in [3.05, 3.63) is 0 Å². The van der Waals surface area contributed by atoms with Crippen LogP contribution < -0.4 is 10.6 Å². The van der Waals surface area contributed by atoms with Crippen LogP contribution >= 0.6 is 94.1 Å². The fourth-order valence-corrected chi connectivity index (χ4v) is 6.17. The van der Waals surface area contributed by atoms with E-state index < -0.39 is 12.2 Å². The molecule has 0 heterocycles. The molecular weight excluding hydrogens is 677 g/mol. The van der Waals surface area contributed by atoms with E-state index in [9.17, 15) is 9.59 Å². The maximum atomic E-state index is 11.6. The average Bonchev–Trinajstić information content (AvgIpc) is 2.93. The Morgan fingerprint density at radius 2 is 1.05 bits per heavy atom. The van der Waals surface area contributed by atoms with Crippen LogP contribution in [0.4, 0.5) is 9.59 Å². The SMILES string of the molecule is O=C(NCSCSC/N=C\OOCSCSCOC(=O)NCSCSCN=COOCSCO)OCSCO. The number of aliphatic hydroxyl groups is 2. The third kappa shape index (κ3) is 34.2. The van der Waals surface area contributed by atoms with Gasteiger partial charge >= 0.3 is 12.2 Å². The number of amides is 2. The number of hydrogen-bond acceptors (Lipinski definition) is 20. The third-order valence-electron chi connectivity index (χ3n) is 2.83. The topological polar surface area (TPSA) is 179 Å². The standard InChI is InChI=1S/C17H32N4O10S8/c22-7-36-9-26-16(24)20-5-34-13-33-4-19-2-29-31-12-39-15-38-10-27-17(25)21-6-35-14-32-3-18-1-28-30-11-37-8-23/h1-2,22-23H,3-15H2,(H,20,24)(H,21,25)/b18-1?,19-2-. The van der Waals surface area contributed by atoms with Crippen molar-refractivity contribution in [2.24, 2.45) is 9.98 Å². The van der Waals surface area contributed by atoms with Crippen molar-refractivity contribution in [3.63, 3.8) is 0 Å². The molecule has 0 aliphatic heterocycles. The second-order valence-electron chi connectivity index (χ2n) is 5.48. The molecule has 0 aliphatic carbocycles. The molecule has 0 saturated carbocycles. The summed E-state index contributed by atoms with van der Waals surface area (Å²) < 4.78 is 9.85. The molecular formula is C17H32N4O10S8. The van der Waals surface area contributed by atoms with Crippen LogP contribution in [0, 0.1) is 0 Å². The molecule has 22 heteroatoms. The van der Waals surface area contributed by atoms with Crippen LogP contribution in [0.25, 0.3) is 0 Å². The van der Waals surface area contributed by atoms with Crippen LogP contribution in [0.5, 0.6) is 0 Å². The van der Waals surface area contributed by atoms with E-state index in [0.717, 1.165) is 21.9 Å². The molecule has 0 saturated heterocycles. The first kappa shape index (κ1) is 39.1. The number of alkyl carbamates (subject to hydrolysis) is 2. The van der Waals surface area contributed by atoms with Gasteiger partial charge in [0.05, 0.1) is 35.4 Å². The first-order chi connectivity index (χ1) is 19.2. The van der Waals surface area contributed by atoms with Crippen LogP contribution in [-0.2, 0) is 29.0 Å². The number of hydrogen-bond donors (Lipinski definition) is 4. The number of nitrogens with zero attached hydrogens (tertiary/aromatic N) is 2. The van der Waals surface area contributed by atoms with E-state index in [1.807, 2.05) is 0 Å². The highest BCUT2D eigenvalue weighted by atomic mass is 32.2. The van der Waals surface area contributed by atoms with Gasteiger partial charge in [0.25, 0.3) is 0 Å². The fraction of sp³-hybridized carbons (Fsp3) is 0.765. The summed E-state index contributed by atoms with van der Waals surface area (Å²) in [5, 5.41) is 24.4. The quantitative estimate of drug-likeness (QED) is 0.0231. The molecule has 0 aromatic heterocycles. The highest BCUT2D eigenvalue weighted by Crippen LogP contribution is 2.13. The van der Waals surface area contributed by atoms with Crippen LogP contribution in [0.2, 0.25) is 0 Å². The maximum Gasteiger partial charge on any atom is 0.408 e. The number of aliphatic hydroxyl groups excluding tert-OH is 2. The normalized spacial score (nSPS) is 11.1. The summed E-state index contributed by atoms with van der Waals surface area (Å²) in [6.45, 7) is 0. The van der Waals surface area contributed by atoms with E-state index >= 15 is 0 Å². The van der Waals surface area contributed by atoms with Crippen molar-refractivity contribution >= 4 is 119 Å². The van der Waals surface area contributed by atoms with Gasteiger partial charge in [0.1, 0.15) is 23.8 Å². The van der Waals surface area contributed by atoms with Gasteiger partial charge in [0.15, 0.2) is 0 Å². The Morgan fingerprint density at radius 1 is 0.615 bits per heavy atom. The average molecular weight is 709 g/mol. The predicted molar refractivity (Wildman–Crippen MR) is 169 cm³/mol. The highest BCUT2D eigenvalue weighted by Gasteiger charge is 2.02. The molecule has 39 heavy (non-hydrogen) atoms. The maximum absolute atomic E-state index is 11.6. The number of rotatable bonds is 28. The number of aliphatic imine (C=N–C) groups is 2. The molecule has 0 radical (unpaired) electrons. The molecule has 0 aromatic carbocycles. The smallest absolute Gasteiger partial charge is 0.408 e. The van der Waals surface area contributed by atoms with Gasteiger partial charge < -0.3 is 40.1 Å². The van der Waals surface area contributed by atoms with Gasteiger partial charge in [-0.25, -0.2) is 19.6 Å². The second-order valence-corrected chi connectivity index (χ2v) is 14.1. The summed E-state index contributed by atoms with van der Waals surface area (Å²) in [5.74, 6) is 2.57. The zero-order chi connectivity index (χ0) is 28.5. The number of carbonyl (C=O) groups excluding carboxylic acids is 2. The fourth-order valence-electron chi connectivity index (χ4n) is 1.40. The first-order valence-corrected chi connectivity index (χ1v) is 19.6. The minimum absolute atomic E-state index is 0.0324. The lowest BCUT2D eigenvalue weighted by Crippen LogP contribution is -2.23. The van der Waals surface area contributed by atoms with Gasteiger partial charge in [-0.3, -0.25) is 0 Å². The van der Waals surface area contributed by atoms with Crippen LogP contribution in [0.1, 0.15) is 0 Å². The van der Waals surface area contributed by atoms with E-state index in [0.29, 0.717) is 34.5 Å². The van der Waals surface area contributed by atoms with Gasteiger partial charge in [0, 0.05) is 15.3 Å². The monoisotopic (exact) mass is 708 g/mol. The zero-order valence-electron chi connectivity index (χ0n) is 20.7. The summed E-state index contributed by atoms with van der Waals surface area (Å²) in [6.07, 6.45) is 1.43. The summed E-state index contributed by atoms with van der Waals surface area (Å²) >= 11 is 11.3. The van der Waals surface area contributed by atoms with Crippen molar-refractivity contribution < 1.29 is 48.8 Å². The van der Waals surface area contributed by atoms with Gasteiger partial charge in [-0.2, -0.15) is 9.78 Å². The van der Waals surface area contributed by atoms with Crippen molar-refractivity contribution in [1.29, 1.82) is 0 Å². The lowest BCUT2D eigenvalue weighted by atomic mass is 11.1. The Bertz CT molecular complexity index is 634. The zero-order valence-corrected chi connectivity index (χ0v) is 27.2. The Hall–Kier alpha value is 0.120. The highest BCUT2D eigenvalue weighted by molar-refractivity contribution is 8.16. The van der Waals surface area contributed by atoms with Crippen molar-refractivity contribution in [3.8, 4) is 0 Å². The van der Waals surface area contributed by atoms with Gasteiger partial charge in [-0.05, 0) is 0 Å². The number of ether oxygens (including phenoxy) is 2. The Kier molecular flexibility index (Phi) is 34.4. The molecule has 0 aliphatic rings. The van der Waals surface area contributed by atoms with E-state index in [1.165, 1.54) is 71.6 Å². The Morgan fingerprint density at radius 3 is 1.59 bits per heavy atom. The molecule has 2 amide bonds. The summed E-state index contributed by atoms with van der Waals surface area (Å²) in [4.78, 5) is 50.0. The number of carbonyl (C=O) groups is 2. The molecule has 0 spiro atoms. The molecule has 0 atom stereocenters.